The normalized spacial score (nSPS) is 14.6. The molecule has 0 atom stereocenters. The molecule has 182 valence electrons. The van der Waals surface area contributed by atoms with Gasteiger partial charge in [0.15, 0.2) is 11.5 Å². The van der Waals surface area contributed by atoms with Gasteiger partial charge >= 0.3 is 6.03 Å². The predicted molar refractivity (Wildman–Crippen MR) is 138 cm³/mol. The van der Waals surface area contributed by atoms with Gasteiger partial charge in [0.25, 0.3) is 11.8 Å². The molecule has 1 N–H and O–H groups in total. The van der Waals surface area contributed by atoms with Gasteiger partial charge in [-0.25, -0.2) is 9.69 Å². The first-order valence-electron chi connectivity index (χ1n) is 11.1. The van der Waals surface area contributed by atoms with Gasteiger partial charge in [0.1, 0.15) is 12.2 Å². The molecule has 4 rings (SSSR count). The number of hydrogen-bond acceptors (Lipinski definition) is 5. The van der Waals surface area contributed by atoms with Crippen LogP contribution in [0.4, 0.5) is 10.5 Å². The fraction of sp³-hybridized carbons (Fsp3) is 0.107. The molecule has 8 heteroatoms. The number of nitrogens with one attached hydrogen (secondary N) is 1. The Hall–Kier alpha value is -4.36. The van der Waals surface area contributed by atoms with Gasteiger partial charge in [-0.3, -0.25) is 14.9 Å². The minimum Gasteiger partial charge on any atom is -0.493 e. The van der Waals surface area contributed by atoms with E-state index >= 15 is 0 Å². The van der Waals surface area contributed by atoms with Crippen LogP contribution in [-0.4, -0.2) is 25.0 Å². The van der Waals surface area contributed by atoms with Crippen molar-refractivity contribution in [2.45, 2.75) is 13.0 Å². The molecule has 1 aliphatic heterocycles. The lowest BCUT2D eigenvalue weighted by Gasteiger charge is -2.26. The van der Waals surface area contributed by atoms with Crippen molar-refractivity contribution in [3.8, 4) is 11.5 Å². The maximum atomic E-state index is 13.2. The number of imide groups is 2. The van der Waals surface area contributed by atoms with Crippen molar-refractivity contribution < 1.29 is 23.9 Å². The number of benzene rings is 3. The van der Waals surface area contributed by atoms with E-state index in [4.69, 9.17) is 21.1 Å². The van der Waals surface area contributed by atoms with Crippen molar-refractivity contribution in [2.24, 2.45) is 0 Å². The topological polar surface area (TPSA) is 84.9 Å². The number of urea groups is 1. The number of halogens is 1. The van der Waals surface area contributed by atoms with Gasteiger partial charge in [-0.15, -0.1) is 6.58 Å². The lowest BCUT2D eigenvalue weighted by molar-refractivity contribution is -0.122. The number of amides is 4. The van der Waals surface area contributed by atoms with Crippen LogP contribution in [0.15, 0.2) is 85.0 Å². The molecule has 0 saturated carbocycles. The molecule has 36 heavy (non-hydrogen) atoms. The van der Waals surface area contributed by atoms with Gasteiger partial charge in [0.05, 0.1) is 12.8 Å². The van der Waals surface area contributed by atoms with Crippen molar-refractivity contribution >= 4 is 41.2 Å². The molecule has 7 nitrogen and oxygen atoms in total. The number of barbiturate groups is 1. The zero-order valence-electron chi connectivity index (χ0n) is 19.5. The molecule has 0 unspecified atom stereocenters. The number of carbonyl (C=O) groups is 3. The number of nitrogens with zero attached hydrogens (tertiary/aromatic N) is 1. The van der Waals surface area contributed by atoms with Crippen LogP contribution in [0.25, 0.3) is 6.08 Å². The molecule has 0 bridgehead atoms. The zero-order valence-corrected chi connectivity index (χ0v) is 20.2. The lowest BCUT2D eigenvalue weighted by Crippen LogP contribution is -2.54. The second-order valence-electron chi connectivity index (χ2n) is 7.91. The van der Waals surface area contributed by atoms with E-state index in [9.17, 15) is 14.4 Å². The molecule has 0 radical (unpaired) electrons. The van der Waals surface area contributed by atoms with Crippen molar-refractivity contribution in [3.63, 3.8) is 0 Å². The molecule has 0 spiro atoms. The molecule has 4 amide bonds. The van der Waals surface area contributed by atoms with E-state index in [0.29, 0.717) is 35.1 Å². The maximum Gasteiger partial charge on any atom is 0.335 e. The average molecular weight is 503 g/mol. The number of methoxy groups -OCH3 is 1. The Kier molecular flexibility index (Phi) is 7.51. The van der Waals surface area contributed by atoms with Crippen molar-refractivity contribution in [2.75, 3.05) is 12.0 Å². The van der Waals surface area contributed by atoms with E-state index in [1.54, 1.807) is 30.3 Å². The summed E-state index contributed by atoms with van der Waals surface area (Å²) >= 11 is 5.92. The van der Waals surface area contributed by atoms with Crippen molar-refractivity contribution in [3.05, 3.63) is 107 Å². The summed E-state index contributed by atoms with van der Waals surface area (Å²) in [6, 6.07) is 18.5. The highest BCUT2D eigenvalue weighted by atomic mass is 35.5. The minimum absolute atomic E-state index is 0.200. The summed E-state index contributed by atoms with van der Waals surface area (Å²) in [4.78, 5) is 39.1. The largest absolute Gasteiger partial charge is 0.493 e. The van der Waals surface area contributed by atoms with Crippen molar-refractivity contribution in [1.82, 2.24) is 5.32 Å². The highest BCUT2D eigenvalue weighted by Crippen LogP contribution is 2.35. The first kappa shape index (κ1) is 24.8. The molecule has 3 aromatic rings. The number of carbonyl (C=O) groups excluding carboxylic acids is 3. The van der Waals surface area contributed by atoms with Crippen LogP contribution >= 0.6 is 11.6 Å². The zero-order chi connectivity index (χ0) is 25.7. The third kappa shape index (κ3) is 5.31. The average Bonchev–Trinajstić information content (AvgIpc) is 2.87. The van der Waals surface area contributed by atoms with Crippen LogP contribution in [0.1, 0.15) is 16.7 Å². The first-order valence-corrected chi connectivity index (χ1v) is 11.4. The lowest BCUT2D eigenvalue weighted by atomic mass is 10.0. The van der Waals surface area contributed by atoms with Crippen LogP contribution in [0.2, 0.25) is 5.02 Å². The van der Waals surface area contributed by atoms with Gasteiger partial charge in [-0.2, -0.15) is 0 Å². The monoisotopic (exact) mass is 502 g/mol. The maximum absolute atomic E-state index is 13.2. The second kappa shape index (κ2) is 10.9. The van der Waals surface area contributed by atoms with Gasteiger partial charge in [-0.05, 0) is 60.0 Å². The summed E-state index contributed by atoms with van der Waals surface area (Å²) in [5.74, 6) is -0.559. The highest BCUT2D eigenvalue weighted by molar-refractivity contribution is 6.39. The van der Waals surface area contributed by atoms with Crippen LogP contribution < -0.4 is 19.7 Å². The Balaban J connectivity index is 1.70. The van der Waals surface area contributed by atoms with E-state index in [1.807, 2.05) is 30.3 Å². The summed E-state index contributed by atoms with van der Waals surface area (Å²) in [7, 11) is 1.51. The van der Waals surface area contributed by atoms with Crippen LogP contribution in [0, 0.1) is 0 Å². The van der Waals surface area contributed by atoms with Crippen molar-refractivity contribution in [1.29, 1.82) is 0 Å². The number of allylic oxidation sites excluding steroid dienone is 1. The van der Waals surface area contributed by atoms with E-state index in [0.717, 1.165) is 16.0 Å². The van der Waals surface area contributed by atoms with E-state index in [2.05, 4.69) is 11.9 Å². The summed E-state index contributed by atoms with van der Waals surface area (Å²) in [5, 5.41) is 2.67. The third-order valence-corrected chi connectivity index (χ3v) is 5.71. The molecular formula is C28H23ClN2O5. The Morgan fingerprint density at radius 2 is 1.75 bits per heavy atom. The SMILES string of the molecule is C=CCc1cc(/C=C2\C(=O)NC(=O)N(c3ccc(Cl)cc3)C2=O)cc(OC)c1OCc1ccccc1. The smallest absolute Gasteiger partial charge is 0.335 e. The standard InChI is InChI=1S/C28H23ClN2O5/c1-3-7-20-14-19(16-24(35-2)25(20)36-17-18-8-5-4-6-9-18)15-23-26(32)30-28(34)31(27(23)33)22-12-10-21(29)11-13-22/h3-6,8-16H,1,7,17H2,2H3,(H,30,32,34)/b23-15+. The summed E-state index contributed by atoms with van der Waals surface area (Å²) in [6.45, 7) is 4.15. The van der Waals surface area contributed by atoms with Crippen LogP contribution in [0.5, 0.6) is 11.5 Å². The molecule has 1 aliphatic rings. The number of ether oxygens (including phenoxy) is 2. The third-order valence-electron chi connectivity index (χ3n) is 5.46. The van der Waals surface area contributed by atoms with Gasteiger partial charge in [0, 0.05) is 10.6 Å². The van der Waals surface area contributed by atoms with E-state index in [-0.39, 0.29) is 11.3 Å². The van der Waals surface area contributed by atoms with Crippen LogP contribution in [0.3, 0.4) is 0 Å². The molecule has 0 aromatic heterocycles. The Labute approximate surface area is 213 Å². The van der Waals surface area contributed by atoms with Gasteiger partial charge < -0.3 is 9.47 Å². The predicted octanol–water partition coefficient (Wildman–Crippen LogP) is 5.32. The van der Waals surface area contributed by atoms with Gasteiger partial charge in [0.2, 0.25) is 0 Å². The van der Waals surface area contributed by atoms with Crippen LogP contribution in [-0.2, 0) is 22.6 Å². The molecule has 0 aliphatic carbocycles. The van der Waals surface area contributed by atoms with E-state index in [1.165, 1.54) is 25.3 Å². The molecule has 1 heterocycles. The second-order valence-corrected chi connectivity index (χ2v) is 8.35. The number of rotatable bonds is 8. The molecule has 3 aromatic carbocycles. The fourth-order valence-electron chi connectivity index (χ4n) is 3.77. The Bertz CT molecular complexity index is 1350. The summed E-state index contributed by atoms with van der Waals surface area (Å²) in [5.41, 5.74) is 2.37. The highest BCUT2D eigenvalue weighted by Gasteiger charge is 2.36. The molecule has 1 saturated heterocycles. The van der Waals surface area contributed by atoms with Gasteiger partial charge in [-0.1, -0.05) is 48.0 Å². The molecule has 1 fully saturated rings. The summed E-state index contributed by atoms with van der Waals surface area (Å²) in [6.07, 6.45) is 3.61. The minimum atomic E-state index is -0.834. The fourth-order valence-corrected chi connectivity index (χ4v) is 3.89. The Morgan fingerprint density at radius 3 is 2.42 bits per heavy atom. The Morgan fingerprint density at radius 1 is 1.03 bits per heavy atom. The first-order chi connectivity index (χ1) is 17.4. The quantitative estimate of drug-likeness (QED) is 0.256. The number of anilines is 1. The van der Waals surface area contributed by atoms with E-state index < -0.39 is 17.8 Å². The number of hydrogen-bond donors (Lipinski definition) is 1. The molecular weight excluding hydrogens is 480 g/mol. The summed E-state index contributed by atoms with van der Waals surface area (Å²) < 4.78 is 11.7.